The van der Waals surface area contributed by atoms with Crippen molar-refractivity contribution in [2.45, 2.75) is 40.5 Å². The molecule has 0 aromatic carbocycles. The van der Waals surface area contributed by atoms with E-state index < -0.39 is 27.8 Å². The quantitative estimate of drug-likeness (QED) is 0.502. The van der Waals surface area contributed by atoms with Gasteiger partial charge in [-0.25, -0.2) is 0 Å². The first kappa shape index (κ1) is 20.3. The van der Waals surface area contributed by atoms with Gasteiger partial charge in [0.2, 0.25) is 0 Å². The van der Waals surface area contributed by atoms with Crippen molar-refractivity contribution in [3.05, 3.63) is 0 Å². The fourth-order valence-corrected chi connectivity index (χ4v) is 3.94. The normalized spacial score (nSPS) is 15.7. The van der Waals surface area contributed by atoms with Crippen LogP contribution in [-0.4, -0.2) is 43.6 Å². The molecule has 0 aliphatic carbocycles. The van der Waals surface area contributed by atoms with Crippen molar-refractivity contribution in [2.24, 2.45) is 11.3 Å². The van der Waals surface area contributed by atoms with Crippen molar-refractivity contribution in [3.8, 4) is 0 Å². The van der Waals surface area contributed by atoms with Gasteiger partial charge < -0.3 is 19.6 Å². The molecule has 0 saturated heterocycles. The number of hydrogen-bond donors (Lipinski definition) is 4. The Morgan fingerprint density at radius 1 is 1.00 bits per heavy atom. The van der Waals surface area contributed by atoms with Crippen LogP contribution in [0.15, 0.2) is 0 Å². The Morgan fingerprint density at radius 3 is 1.70 bits per heavy atom. The Balaban J connectivity index is 4.51. The van der Waals surface area contributed by atoms with Crippen LogP contribution in [0.1, 0.15) is 40.5 Å². The predicted octanol–water partition coefficient (Wildman–Crippen LogP) is 2.02. The molecule has 1 atom stereocenters. The summed E-state index contributed by atoms with van der Waals surface area (Å²) in [6, 6.07) is 0. The summed E-state index contributed by atoms with van der Waals surface area (Å²) < 4.78 is 22.0. The Hall–Kier alpha value is 0.260. The highest BCUT2D eigenvalue weighted by molar-refractivity contribution is 7.52. The van der Waals surface area contributed by atoms with Gasteiger partial charge in [-0.15, -0.1) is 0 Å². The highest BCUT2D eigenvalue weighted by Crippen LogP contribution is 2.41. The van der Waals surface area contributed by atoms with Crippen LogP contribution in [0.2, 0.25) is 0 Å². The summed E-state index contributed by atoms with van der Waals surface area (Å²) >= 11 is 0. The first-order valence-corrected chi connectivity index (χ1v) is 10.1. The molecule has 0 aliphatic rings. The predicted molar refractivity (Wildman–Crippen MR) is 78.4 cm³/mol. The lowest BCUT2D eigenvalue weighted by molar-refractivity contribution is 0.240. The second kappa shape index (κ2) is 7.50. The minimum absolute atomic E-state index is 0.150. The van der Waals surface area contributed by atoms with E-state index in [2.05, 4.69) is 20.8 Å². The van der Waals surface area contributed by atoms with Crippen molar-refractivity contribution in [1.82, 2.24) is 4.90 Å². The average Bonchev–Trinajstić information content (AvgIpc) is 2.06. The first-order valence-electron chi connectivity index (χ1n) is 6.49. The van der Waals surface area contributed by atoms with E-state index in [1.807, 2.05) is 6.92 Å². The minimum atomic E-state index is -4.33. The second-order valence-corrected chi connectivity index (χ2v) is 9.89. The summed E-state index contributed by atoms with van der Waals surface area (Å²) in [7, 11) is -8.65. The topological polar surface area (TPSA) is 118 Å². The van der Waals surface area contributed by atoms with Crippen molar-refractivity contribution in [3.63, 3.8) is 0 Å². The molecule has 4 N–H and O–H groups in total. The van der Waals surface area contributed by atoms with Gasteiger partial charge in [-0.3, -0.25) is 14.0 Å². The molecule has 9 heteroatoms. The Kier molecular flexibility index (Phi) is 7.60. The molecule has 0 saturated carbocycles. The number of nitrogens with zero attached hydrogens (tertiary/aromatic N) is 1. The maximum atomic E-state index is 11.0. The molecule has 0 aliphatic heterocycles. The van der Waals surface area contributed by atoms with Gasteiger partial charge in [-0.2, -0.15) is 0 Å². The average molecular weight is 331 g/mol. The van der Waals surface area contributed by atoms with Gasteiger partial charge in [-0.1, -0.05) is 27.7 Å². The highest BCUT2D eigenvalue weighted by atomic mass is 31.2. The third-order valence-corrected chi connectivity index (χ3v) is 4.20. The van der Waals surface area contributed by atoms with E-state index in [1.165, 1.54) is 0 Å². The third kappa shape index (κ3) is 13.3. The monoisotopic (exact) mass is 331 g/mol. The van der Waals surface area contributed by atoms with Gasteiger partial charge in [0.1, 0.15) is 12.6 Å². The molecular formula is C11H27NO6P2. The number of rotatable bonds is 8. The molecule has 0 unspecified atom stereocenters. The van der Waals surface area contributed by atoms with E-state index in [1.54, 1.807) is 0 Å². The Bertz CT molecular complexity index is 359. The van der Waals surface area contributed by atoms with Crippen LogP contribution in [0.4, 0.5) is 0 Å². The molecule has 0 heterocycles. The number of hydrogen-bond acceptors (Lipinski definition) is 3. The first-order chi connectivity index (χ1) is 8.68. The largest absolute Gasteiger partial charge is 0.339 e. The lowest BCUT2D eigenvalue weighted by atomic mass is 9.84. The highest BCUT2D eigenvalue weighted by Gasteiger charge is 2.26. The van der Waals surface area contributed by atoms with E-state index in [0.717, 1.165) is 11.3 Å². The molecule has 7 nitrogen and oxygen atoms in total. The molecule has 20 heavy (non-hydrogen) atoms. The molecule has 0 fully saturated rings. The maximum Gasteiger partial charge on any atom is 0.339 e. The molecule has 0 radical (unpaired) electrons. The van der Waals surface area contributed by atoms with Gasteiger partial charge in [0.15, 0.2) is 0 Å². The SMILES string of the molecule is C[C@@H](CCN(CP(=O)(O)O)CP(=O)(O)O)CC(C)(C)C. The Morgan fingerprint density at radius 2 is 1.40 bits per heavy atom. The van der Waals surface area contributed by atoms with E-state index >= 15 is 0 Å². The maximum absolute atomic E-state index is 11.0. The zero-order valence-corrected chi connectivity index (χ0v) is 14.3. The fourth-order valence-electron chi connectivity index (χ4n) is 2.26. The second-order valence-electron chi connectivity index (χ2n) is 6.67. The smallest absolute Gasteiger partial charge is 0.324 e. The van der Waals surface area contributed by atoms with E-state index in [4.69, 9.17) is 19.6 Å². The molecular weight excluding hydrogens is 304 g/mol. The molecule has 0 aromatic heterocycles. The van der Waals surface area contributed by atoms with Crippen LogP contribution >= 0.6 is 15.2 Å². The molecule has 0 aromatic rings. The third-order valence-electron chi connectivity index (χ3n) is 2.67. The van der Waals surface area contributed by atoms with E-state index in [0.29, 0.717) is 12.3 Å². The van der Waals surface area contributed by atoms with Crippen molar-refractivity contribution >= 4 is 15.2 Å². The summed E-state index contributed by atoms with van der Waals surface area (Å²) in [5.41, 5.74) is 0.150. The van der Waals surface area contributed by atoms with E-state index in [-0.39, 0.29) is 12.0 Å². The van der Waals surface area contributed by atoms with E-state index in [9.17, 15) is 9.13 Å². The molecule has 0 amide bonds. The van der Waals surface area contributed by atoms with Crippen LogP contribution < -0.4 is 0 Å². The van der Waals surface area contributed by atoms with Gasteiger partial charge in [0, 0.05) is 0 Å². The zero-order chi connectivity index (χ0) is 16.2. The lowest BCUT2D eigenvalue weighted by Gasteiger charge is -2.27. The van der Waals surface area contributed by atoms with Gasteiger partial charge in [0.05, 0.1) is 0 Å². The van der Waals surface area contributed by atoms with Crippen LogP contribution in [0.3, 0.4) is 0 Å². The van der Waals surface area contributed by atoms with Crippen LogP contribution in [0, 0.1) is 11.3 Å². The summed E-state index contributed by atoms with van der Waals surface area (Å²) in [5.74, 6) is 0.311. The summed E-state index contributed by atoms with van der Waals surface area (Å²) in [4.78, 5) is 37.0. The fraction of sp³-hybridized carbons (Fsp3) is 1.00. The Labute approximate surface area is 120 Å². The van der Waals surface area contributed by atoms with Crippen molar-refractivity contribution < 1.29 is 28.7 Å². The lowest BCUT2D eigenvalue weighted by Crippen LogP contribution is -2.29. The molecule has 122 valence electrons. The molecule has 0 rings (SSSR count). The van der Waals surface area contributed by atoms with Gasteiger partial charge in [0.25, 0.3) is 0 Å². The minimum Gasteiger partial charge on any atom is -0.324 e. The van der Waals surface area contributed by atoms with Crippen LogP contribution in [-0.2, 0) is 9.13 Å². The van der Waals surface area contributed by atoms with Gasteiger partial charge in [-0.05, 0) is 30.7 Å². The molecule has 0 bridgehead atoms. The summed E-state index contributed by atoms with van der Waals surface area (Å²) in [6.07, 6.45) is 0.324. The van der Waals surface area contributed by atoms with Crippen LogP contribution in [0.5, 0.6) is 0 Å². The molecule has 0 spiro atoms. The summed E-state index contributed by atoms with van der Waals surface area (Å²) in [6.45, 7) is 8.59. The van der Waals surface area contributed by atoms with Crippen molar-refractivity contribution in [1.29, 1.82) is 0 Å². The summed E-state index contributed by atoms with van der Waals surface area (Å²) in [5, 5.41) is 0. The van der Waals surface area contributed by atoms with Crippen molar-refractivity contribution in [2.75, 3.05) is 19.1 Å². The van der Waals surface area contributed by atoms with Crippen LogP contribution in [0.25, 0.3) is 0 Å². The zero-order valence-electron chi connectivity index (χ0n) is 12.6. The standard InChI is InChI=1S/C11H27NO6P2/c1-10(7-11(2,3)4)5-6-12(8-19(13,14)15)9-20(16,17)18/h10H,5-9H2,1-4H3,(H2,13,14,15)(H2,16,17,18)/t10-/m0/s1. The van der Waals surface area contributed by atoms with Gasteiger partial charge >= 0.3 is 15.2 Å².